The van der Waals surface area contributed by atoms with E-state index in [0.29, 0.717) is 0 Å². The number of anilines is 3. The normalized spacial score (nSPS) is 13.2. The zero-order chi connectivity index (χ0) is 38.2. The average Bonchev–Trinajstić information content (AvgIpc) is 3.46. The minimum absolute atomic E-state index is 0.0922. The lowest BCUT2D eigenvalue weighted by Gasteiger charge is -2.27. The highest BCUT2D eigenvalue weighted by molar-refractivity contribution is 6.24. The van der Waals surface area contributed by atoms with E-state index < -0.39 is 0 Å². The predicted molar refractivity (Wildman–Crippen MR) is 241 cm³/mol. The molecule has 0 spiro atoms. The van der Waals surface area contributed by atoms with Gasteiger partial charge >= 0.3 is 0 Å². The summed E-state index contributed by atoms with van der Waals surface area (Å²) in [6, 6.07) is 67.6. The standard InChI is InChI=1S/C55H45N/c1-54(2,3)37-29-33-40(34-30-37)56(38-17-7-6-8-18-38)39-31-27-36(28-32-39)51-43-21-11-13-23-45(43)52(46-24-14-12-22-44(46)51)48-35-50-53(42-20-10-9-19-41(42)48)47-25-15-16-26-49(47)55(50,4)5/h6-35H,1-5H3. The summed E-state index contributed by atoms with van der Waals surface area (Å²) in [5.74, 6) is 0. The average molecular weight is 720 g/mol. The Bertz CT molecular complexity index is 2890. The molecule has 0 aliphatic heterocycles. The van der Waals surface area contributed by atoms with Crippen LogP contribution in [0.2, 0.25) is 0 Å². The molecule has 0 fully saturated rings. The van der Waals surface area contributed by atoms with E-state index in [1.54, 1.807) is 0 Å². The van der Waals surface area contributed by atoms with Crippen LogP contribution in [-0.2, 0) is 10.8 Å². The van der Waals surface area contributed by atoms with Crippen LogP contribution >= 0.6 is 0 Å². The zero-order valence-electron chi connectivity index (χ0n) is 32.8. The van der Waals surface area contributed by atoms with Gasteiger partial charge in [0.05, 0.1) is 0 Å². The maximum absolute atomic E-state index is 2.52. The van der Waals surface area contributed by atoms with Gasteiger partial charge in [0, 0.05) is 22.5 Å². The number of rotatable bonds is 5. The third-order valence-electron chi connectivity index (χ3n) is 12.2. The third kappa shape index (κ3) is 5.29. The maximum atomic E-state index is 2.52. The van der Waals surface area contributed by atoms with Gasteiger partial charge in [-0.1, -0.05) is 174 Å². The highest BCUT2D eigenvalue weighted by Gasteiger charge is 2.37. The lowest BCUT2D eigenvalue weighted by atomic mass is 9.79. The van der Waals surface area contributed by atoms with Crippen LogP contribution in [0.4, 0.5) is 17.1 Å². The molecule has 0 amide bonds. The van der Waals surface area contributed by atoms with Gasteiger partial charge in [0.15, 0.2) is 0 Å². The van der Waals surface area contributed by atoms with E-state index >= 15 is 0 Å². The maximum Gasteiger partial charge on any atom is 0.0462 e. The van der Waals surface area contributed by atoms with Crippen LogP contribution in [0.1, 0.15) is 51.3 Å². The molecular formula is C55H45N. The quantitative estimate of drug-likeness (QED) is 0.160. The molecule has 10 rings (SSSR count). The molecule has 0 atom stereocenters. The molecule has 0 aromatic heterocycles. The summed E-state index contributed by atoms with van der Waals surface area (Å²) >= 11 is 0. The second-order valence-electron chi connectivity index (χ2n) is 16.9. The first-order valence-corrected chi connectivity index (χ1v) is 19.9. The largest absolute Gasteiger partial charge is 0.311 e. The second kappa shape index (κ2) is 12.8. The lowest BCUT2D eigenvalue weighted by Crippen LogP contribution is -2.15. The zero-order valence-corrected chi connectivity index (χ0v) is 32.8. The van der Waals surface area contributed by atoms with Gasteiger partial charge in [0.2, 0.25) is 0 Å². The van der Waals surface area contributed by atoms with E-state index in [-0.39, 0.29) is 10.8 Å². The number of fused-ring (bicyclic) bond motifs is 7. The Kier molecular flexibility index (Phi) is 7.80. The fourth-order valence-corrected chi connectivity index (χ4v) is 9.40. The Morgan fingerprint density at radius 3 is 1.39 bits per heavy atom. The van der Waals surface area contributed by atoms with Crippen LogP contribution in [0, 0.1) is 0 Å². The fraction of sp³-hybridized carbons (Fsp3) is 0.127. The molecule has 0 saturated carbocycles. The van der Waals surface area contributed by atoms with Gasteiger partial charge in [0.1, 0.15) is 0 Å². The Morgan fingerprint density at radius 2 is 0.821 bits per heavy atom. The van der Waals surface area contributed by atoms with Crippen molar-refractivity contribution in [1.82, 2.24) is 0 Å². The van der Waals surface area contributed by atoms with E-state index in [4.69, 9.17) is 0 Å². The summed E-state index contributed by atoms with van der Waals surface area (Å²) in [6.07, 6.45) is 0. The molecule has 0 unspecified atom stereocenters. The number of nitrogens with zero attached hydrogens (tertiary/aromatic N) is 1. The second-order valence-corrected chi connectivity index (χ2v) is 16.9. The molecule has 0 bridgehead atoms. The molecule has 0 heterocycles. The topological polar surface area (TPSA) is 3.24 Å². The van der Waals surface area contributed by atoms with Gasteiger partial charge in [-0.2, -0.15) is 0 Å². The van der Waals surface area contributed by atoms with Crippen molar-refractivity contribution in [2.75, 3.05) is 4.90 Å². The molecule has 1 aliphatic rings. The Balaban J connectivity index is 1.17. The van der Waals surface area contributed by atoms with Gasteiger partial charge < -0.3 is 4.90 Å². The number of benzene rings is 9. The van der Waals surface area contributed by atoms with Crippen molar-refractivity contribution in [2.45, 2.75) is 45.4 Å². The fourth-order valence-electron chi connectivity index (χ4n) is 9.40. The van der Waals surface area contributed by atoms with Crippen LogP contribution in [0.3, 0.4) is 0 Å². The molecule has 9 aromatic carbocycles. The summed E-state index contributed by atoms with van der Waals surface area (Å²) in [5, 5.41) is 7.68. The van der Waals surface area contributed by atoms with Crippen LogP contribution in [0.15, 0.2) is 182 Å². The Morgan fingerprint density at radius 1 is 0.375 bits per heavy atom. The SMILES string of the molecule is CC(C)(C)c1ccc(N(c2ccccc2)c2ccc(-c3c4ccccc4c(-c4cc5c(c6ccccc46)-c4ccccc4C5(C)C)c4ccccc34)cc2)cc1. The van der Waals surface area contributed by atoms with Crippen molar-refractivity contribution < 1.29 is 0 Å². The molecular weight excluding hydrogens is 675 g/mol. The summed E-state index contributed by atoms with van der Waals surface area (Å²) in [5.41, 5.74) is 15.3. The molecule has 56 heavy (non-hydrogen) atoms. The number of hydrogen-bond acceptors (Lipinski definition) is 1. The van der Waals surface area contributed by atoms with Crippen molar-refractivity contribution >= 4 is 49.4 Å². The first-order chi connectivity index (χ1) is 27.2. The van der Waals surface area contributed by atoms with Crippen molar-refractivity contribution in [3.05, 3.63) is 199 Å². The highest BCUT2D eigenvalue weighted by Crippen LogP contribution is 2.55. The molecule has 1 nitrogen and oxygen atoms in total. The molecule has 0 saturated heterocycles. The van der Waals surface area contributed by atoms with E-state index in [0.717, 1.165) is 17.1 Å². The summed E-state index contributed by atoms with van der Waals surface area (Å²) < 4.78 is 0. The minimum atomic E-state index is -0.111. The van der Waals surface area contributed by atoms with Crippen molar-refractivity contribution in [2.24, 2.45) is 0 Å². The first kappa shape index (κ1) is 34.1. The van der Waals surface area contributed by atoms with Crippen LogP contribution < -0.4 is 4.90 Å². The van der Waals surface area contributed by atoms with Gasteiger partial charge in [-0.25, -0.2) is 0 Å². The molecule has 1 aliphatic carbocycles. The minimum Gasteiger partial charge on any atom is -0.311 e. The predicted octanol–water partition coefficient (Wildman–Crippen LogP) is 15.6. The van der Waals surface area contributed by atoms with E-state index in [2.05, 4.69) is 222 Å². The van der Waals surface area contributed by atoms with Crippen molar-refractivity contribution in [3.63, 3.8) is 0 Å². The van der Waals surface area contributed by atoms with Gasteiger partial charge in [0.25, 0.3) is 0 Å². The van der Waals surface area contributed by atoms with Gasteiger partial charge in [-0.3, -0.25) is 0 Å². The van der Waals surface area contributed by atoms with Crippen LogP contribution in [0.5, 0.6) is 0 Å². The van der Waals surface area contributed by atoms with Crippen LogP contribution in [-0.4, -0.2) is 0 Å². The molecule has 9 aromatic rings. The summed E-state index contributed by atoms with van der Waals surface area (Å²) in [6.45, 7) is 11.6. The third-order valence-corrected chi connectivity index (χ3v) is 12.2. The molecule has 270 valence electrons. The molecule has 1 heteroatoms. The smallest absolute Gasteiger partial charge is 0.0462 e. The Hall–Kier alpha value is -6.44. The van der Waals surface area contributed by atoms with E-state index in [1.807, 2.05) is 0 Å². The van der Waals surface area contributed by atoms with Crippen molar-refractivity contribution in [3.8, 4) is 33.4 Å². The molecule has 0 radical (unpaired) electrons. The number of para-hydroxylation sites is 1. The van der Waals surface area contributed by atoms with Gasteiger partial charge in [-0.15, -0.1) is 0 Å². The Labute approximate surface area is 330 Å². The van der Waals surface area contributed by atoms with Crippen LogP contribution in [0.25, 0.3) is 65.7 Å². The first-order valence-electron chi connectivity index (χ1n) is 19.9. The van der Waals surface area contributed by atoms with Gasteiger partial charge in [-0.05, 0) is 130 Å². The monoisotopic (exact) mass is 719 g/mol. The summed E-state index contributed by atoms with van der Waals surface area (Å²) in [7, 11) is 0. The number of hydrogen-bond donors (Lipinski definition) is 0. The van der Waals surface area contributed by atoms with E-state index in [1.165, 1.54) is 82.4 Å². The highest BCUT2D eigenvalue weighted by atomic mass is 15.1. The van der Waals surface area contributed by atoms with Crippen molar-refractivity contribution in [1.29, 1.82) is 0 Å². The lowest BCUT2D eigenvalue weighted by molar-refractivity contribution is 0.590. The molecule has 0 N–H and O–H groups in total. The summed E-state index contributed by atoms with van der Waals surface area (Å²) in [4.78, 5) is 2.36. The van der Waals surface area contributed by atoms with E-state index in [9.17, 15) is 0 Å².